The number of guanidine groups is 1. The van der Waals surface area contributed by atoms with Gasteiger partial charge in [0.05, 0.1) is 18.1 Å². The summed E-state index contributed by atoms with van der Waals surface area (Å²) in [5.74, 6) is 2.81. The number of hydrogen-bond donors (Lipinski definition) is 2. The lowest BCUT2D eigenvalue weighted by atomic mass is 10.1. The van der Waals surface area contributed by atoms with Gasteiger partial charge in [0, 0.05) is 32.2 Å². The second-order valence-corrected chi connectivity index (χ2v) is 6.81. The predicted octanol–water partition coefficient (Wildman–Crippen LogP) is 3.47. The molecule has 0 saturated carbocycles. The molecule has 0 radical (unpaired) electrons. The summed E-state index contributed by atoms with van der Waals surface area (Å²) >= 11 is 0. The molecule has 2 aromatic rings. The smallest absolute Gasteiger partial charge is 0.191 e. The van der Waals surface area contributed by atoms with Crippen molar-refractivity contribution in [3.63, 3.8) is 0 Å². The van der Waals surface area contributed by atoms with Crippen molar-refractivity contribution in [2.75, 3.05) is 19.7 Å². The van der Waals surface area contributed by atoms with Crippen LogP contribution in [-0.4, -0.2) is 36.9 Å². The number of hydrogen-bond acceptors (Lipinski definition) is 5. The summed E-state index contributed by atoms with van der Waals surface area (Å²) in [6.45, 7) is 6.96. The molecule has 1 unspecified atom stereocenters. The SMILES string of the molecule is CC(C)c1cc(CN=C(NCCc2ccco2)NCC2CCCO2)on1.I. The van der Waals surface area contributed by atoms with E-state index in [4.69, 9.17) is 13.7 Å². The Hall–Kier alpha value is -1.55. The summed E-state index contributed by atoms with van der Waals surface area (Å²) in [6.07, 6.45) is 4.96. The molecule has 0 aromatic carbocycles. The van der Waals surface area contributed by atoms with Gasteiger partial charge in [-0.15, -0.1) is 24.0 Å². The Bertz CT molecular complexity index is 679. The average molecular weight is 488 g/mol. The summed E-state index contributed by atoms with van der Waals surface area (Å²) in [5, 5.41) is 10.8. The highest BCUT2D eigenvalue weighted by Gasteiger charge is 2.15. The first-order valence-electron chi connectivity index (χ1n) is 9.32. The van der Waals surface area contributed by atoms with Gasteiger partial charge in [0.1, 0.15) is 12.3 Å². The number of halogens is 1. The zero-order valence-corrected chi connectivity index (χ0v) is 18.3. The molecule has 1 fully saturated rings. The molecule has 1 atom stereocenters. The molecule has 1 aliphatic rings. The molecule has 0 amide bonds. The van der Waals surface area contributed by atoms with Crippen molar-refractivity contribution in [2.24, 2.45) is 4.99 Å². The fourth-order valence-corrected chi connectivity index (χ4v) is 2.78. The Morgan fingerprint density at radius 3 is 2.89 bits per heavy atom. The van der Waals surface area contributed by atoms with Crippen molar-refractivity contribution in [2.45, 2.75) is 51.7 Å². The minimum absolute atomic E-state index is 0. The first-order chi connectivity index (χ1) is 12.7. The lowest BCUT2D eigenvalue weighted by molar-refractivity contribution is 0.114. The van der Waals surface area contributed by atoms with Crippen molar-refractivity contribution in [3.05, 3.63) is 41.7 Å². The zero-order chi connectivity index (χ0) is 18.2. The molecule has 2 N–H and O–H groups in total. The molecule has 0 bridgehead atoms. The van der Waals surface area contributed by atoms with Gasteiger partial charge in [-0.2, -0.15) is 0 Å². The lowest BCUT2D eigenvalue weighted by Gasteiger charge is -2.15. The highest BCUT2D eigenvalue weighted by Crippen LogP contribution is 2.14. The van der Waals surface area contributed by atoms with Crippen molar-refractivity contribution < 1.29 is 13.7 Å². The third kappa shape index (κ3) is 7.17. The molecule has 3 heterocycles. The minimum Gasteiger partial charge on any atom is -0.469 e. The van der Waals surface area contributed by atoms with E-state index >= 15 is 0 Å². The second-order valence-electron chi connectivity index (χ2n) is 6.81. The first kappa shape index (κ1) is 21.7. The Labute approximate surface area is 177 Å². The lowest BCUT2D eigenvalue weighted by Crippen LogP contribution is -2.41. The number of aromatic nitrogens is 1. The van der Waals surface area contributed by atoms with E-state index in [1.165, 1.54) is 0 Å². The first-order valence-corrected chi connectivity index (χ1v) is 9.32. The summed E-state index contributed by atoms with van der Waals surface area (Å²) in [6, 6.07) is 5.84. The molecule has 150 valence electrons. The largest absolute Gasteiger partial charge is 0.469 e. The molecule has 27 heavy (non-hydrogen) atoms. The number of nitrogens with zero attached hydrogens (tertiary/aromatic N) is 2. The Morgan fingerprint density at radius 2 is 2.22 bits per heavy atom. The van der Waals surface area contributed by atoms with Crippen LogP contribution in [0.2, 0.25) is 0 Å². The van der Waals surface area contributed by atoms with Gasteiger partial charge >= 0.3 is 0 Å². The number of ether oxygens (including phenoxy) is 1. The topological polar surface area (TPSA) is 84.8 Å². The zero-order valence-electron chi connectivity index (χ0n) is 15.9. The number of nitrogens with one attached hydrogen (secondary N) is 2. The van der Waals surface area contributed by atoms with Crippen molar-refractivity contribution in [1.82, 2.24) is 15.8 Å². The number of aliphatic imine (C=N–C) groups is 1. The molecular formula is C19H29IN4O3. The average Bonchev–Trinajstić information content (AvgIpc) is 3.39. The van der Waals surface area contributed by atoms with E-state index in [0.717, 1.165) is 62.1 Å². The van der Waals surface area contributed by atoms with E-state index in [1.807, 2.05) is 18.2 Å². The van der Waals surface area contributed by atoms with Crippen LogP contribution in [0.5, 0.6) is 0 Å². The highest BCUT2D eigenvalue weighted by atomic mass is 127. The van der Waals surface area contributed by atoms with Crippen LogP contribution in [0.25, 0.3) is 0 Å². The van der Waals surface area contributed by atoms with E-state index in [2.05, 4.69) is 34.6 Å². The minimum atomic E-state index is 0. The second kappa shape index (κ2) is 11.3. The van der Waals surface area contributed by atoms with Crippen molar-refractivity contribution in [3.8, 4) is 0 Å². The van der Waals surface area contributed by atoms with Gasteiger partial charge < -0.3 is 24.3 Å². The van der Waals surface area contributed by atoms with Crippen LogP contribution < -0.4 is 10.6 Å². The standard InChI is InChI=1S/C19H28N4O3.HI/c1-14(2)18-11-17(26-23-18)13-22-19(21-12-16-6-4-10-25-16)20-8-7-15-5-3-9-24-15;/h3,5,9,11,14,16H,4,6-8,10,12-13H2,1-2H3,(H2,20,21,22);1H. The number of furan rings is 1. The number of rotatable bonds is 8. The molecule has 0 spiro atoms. The third-order valence-electron chi connectivity index (χ3n) is 4.33. The normalized spacial score (nSPS) is 17.1. The fraction of sp³-hybridized carbons (Fsp3) is 0.579. The predicted molar refractivity (Wildman–Crippen MR) is 115 cm³/mol. The summed E-state index contributed by atoms with van der Waals surface area (Å²) in [5.41, 5.74) is 0.954. The fourth-order valence-electron chi connectivity index (χ4n) is 2.78. The van der Waals surface area contributed by atoms with Crippen molar-refractivity contribution in [1.29, 1.82) is 0 Å². The Kier molecular flexibility index (Phi) is 9.12. The summed E-state index contributed by atoms with van der Waals surface area (Å²) < 4.78 is 16.4. The van der Waals surface area contributed by atoms with Gasteiger partial charge in [-0.3, -0.25) is 0 Å². The molecule has 1 saturated heterocycles. The molecule has 0 aliphatic carbocycles. The van der Waals surface area contributed by atoms with E-state index < -0.39 is 0 Å². The van der Waals surface area contributed by atoms with Gasteiger partial charge in [-0.05, 0) is 30.9 Å². The van der Waals surface area contributed by atoms with Gasteiger partial charge in [0.25, 0.3) is 0 Å². The molecule has 1 aliphatic heterocycles. The molecular weight excluding hydrogens is 459 g/mol. The van der Waals surface area contributed by atoms with Crippen LogP contribution in [-0.2, 0) is 17.7 Å². The van der Waals surface area contributed by atoms with Gasteiger partial charge in [0.15, 0.2) is 11.7 Å². The Balaban J connectivity index is 0.00000261. The Morgan fingerprint density at radius 1 is 1.33 bits per heavy atom. The molecule has 2 aromatic heterocycles. The van der Waals surface area contributed by atoms with E-state index in [9.17, 15) is 0 Å². The maximum atomic E-state index is 5.67. The van der Waals surface area contributed by atoms with Crippen molar-refractivity contribution >= 4 is 29.9 Å². The van der Waals surface area contributed by atoms with Gasteiger partial charge in [-0.1, -0.05) is 19.0 Å². The van der Waals surface area contributed by atoms with E-state index in [0.29, 0.717) is 12.5 Å². The van der Waals surface area contributed by atoms with Gasteiger partial charge in [-0.25, -0.2) is 4.99 Å². The van der Waals surface area contributed by atoms with Crippen LogP contribution in [0.3, 0.4) is 0 Å². The van der Waals surface area contributed by atoms with Crippen LogP contribution in [0.4, 0.5) is 0 Å². The van der Waals surface area contributed by atoms with Crippen LogP contribution >= 0.6 is 24.0 Å². The van der Waals surface area contributed by atoms with E-state index in [-0.39, 0.29) is 30.1 Å². The maximum Gasteiger partial charge on any atom is 0.191 e. The van der Waals surface area contributed by atoms with E-state index in [1.54, 1.807) is 6.26 Å². The monoisotopic (exact) mass is 488 g/mol. The van der Waals surface area contributed by atoms with Crippen LogP contribution in [0.15, 0.2) is 38.4 Å². The van der Waals surface area contributed by atoms with Crippen LogP contribution in [0, 0.1) is 0 Å². The van der Waals surface area contributed by atoms with Crippen LogP contribution in [0.1, 0.15) is 49.8 Å². The molecule has 7 nitrogen and oxygen atoms in total. The maximum absolute atomic E-state index is 5.67. The summed E-state index contributed by atoms with van der Waals surface area (Å²) in [4.78, 5) is 4.62. The van der Waals surface area contributed by atoms with Gasteiger partial charge in [0.2, 0.25) is 0 Å². The molecule has 3 rings (SSSR count). The quantitative estimate of drug-likeness (QED) is 0.337. The summed E-state index contributed by atoms with van der Waals surface area (Å²) in [7, 11) is 0. The molecule has 8 heteroatoms. The third-order valence-corrected chi connectivity index (χ3v) is 4.33. The highest BCUT2D eigenvalue weighted by molar-refractivity contribution is 14.0.